The summed E-state index contributed by atoms with van der Waals surface area (Å²) in [6.07, 6.45) is 0. The molecule has 0 aromatic heterocycles. The van der Waals surface area contributed by atoms with Crippen LogP contribution in [0.25, 0.3) is 5.70 Å². The third-order valence-electron chi connectivity index (χ3n) is 2.86. The molecule has 0 bridgehead atoms. The number of ether oxygens (including phenoxy) is 1. The number of aromatic carboxylic acids is 1. The van der Waals surface area contributed by atoms with E-state index in [9.17, 15) is 4.79 Å². The van der Waals surface area contributed by atoms with Crippen molar-refractivity contribution in [2.24, 2.45) is 5.73 Å². The van der Waals surface area contributed by atoms with Crippen LogP contribution in [0.1, 0.15) is 28.4 Å². The molecule has 20 heavy (non-hydrogen) atoms. The third kappa shape index (κ3) is 3.58. The lowest BCUT2D eigenvalue weighted by molar-refractivity contribution is 0.0697. The molecule has 0 spiro atoms. The van der Waals surface area contributed by atoms with Crippen molar-refractivity contribution in [1.82, 2.24) is 0 Å². The molecule has 0 saturated heterocycles. The first-order valence-electron chi connectivity index (χ1n) is 6.01. The standard InChI is InChI=1S/C14H18N2O4/c1-8-3-4-10(14(18)19)7-11(8)12(15)9(2)13(16)20-6-5-17/h3-4,7,16-17H,5-6,15H2,1-2H3,(H,18,19)/b12-9-,16-13?. The summed E-state index contributed by atoms with van der Waals surface area (Å²) in [5.41, 5.74) is 8.15. The van der Waals surface area contributed by atoms with Crippen LogP contribution in [0.5, 0.6) is 0 Å². The lowest BCUT2D eigenvalue weighted by atomic mass is 10.00. The third-order valence-corrected chi connectivity index (χ3v) is 2.86. The molecule has 6 nitrogen and oxygen atoms in total. The van der Waals surface area contributed by atoms with Crippen LogP contribution < -0.4 is 5.73 Å². The average molecular weight is 278 g/mol. The van der Waals surface area contributed by atoms with Crippen LogP contribution in [0.2, 0.25) is 0 Å². The molecular formula is C14H18N2O4. The van der Waals surface area contributed by atoms with E-state index in [1.165, 1.54) is 12.1 Å². The maximum atomic E-state index is 11.0. The van der Waals surface area contributed by atoms with Crippen molar-refractivity contribution in [3.8, 4) is 0 Å². The minimum absolute atomic E-state index is 0.0115. The van der Waals surface area contributed by atoms with Gasteiger partial charge in [0.1, 0.15) is 6.61 Å². The molecule has 0 atom stereocenters. The summed E-state index contributed by atoms with van der Waals surface area (Å²) in [5.74, 6) is -1.18. The van der Waals surface area contributed by atoms with Crippen molar-refractivity contribution in [2.45, 2.75) is 13.8 Å². The molecule has 1 aromatic rings. The molecule has 0 aliphatic rings. The topological polar surface area (TPSA) is 117 Å². The van der Waals surface area contributed by atoms with Crippen LogP contribution in [0.3, 0.4) is 0 Å². The predicted molar refractivity (Wildman–Crippen MR) is 75.7 cm³/mol. The molecule has 1 rings (SSSR count). The molecule has 5 N–H and O–H groups in total. The number of hydrogen-bond donors (Lipinski definition) is 4. The minimum Gasteiger partial charge on any atom is -0.478 e. The number of rotatable bonds is 5. The second-order valence-electron chi connectivity index (χ2n) is 4.27. The van der Waals surface area contributed by atoms with Gasteiger partial charge < -0.3 is 20.7 Å². The Morgan fingerprint density at radius 3 is 2.65 bits per heavy atom. The van der Waals surface area contributed by atoms with E-state index in [2.05, 4.69) is 0 Å². The lowest BCUT2D eigenvalue weighted by Gasteiger charge is -2.12. The number of benzene rings is 1. The molecule has 1 aromatic carbocycles. The van der Waals surface area contributed by atoms with Gasteiger partial charge in [-0.15, -0.1) is 0 Å². The van der Waals surface area contributed by atoms with Crippen LogP contribution in [-0.4, -0.2) is 35.3 Å². The number of carboxylic acids is 1. The number of aryl methyl sites for hydroxylation is 1. The van der Waals surface area contributed by atoms with E-state index in [0.29, 0.717) is 11.1 Å². The van der Waals surface area contributed by atoms with Gasteiger partial charge in [0.15, 0.2) is 0 Å². The first-order valence-corrected chi connectivity index (χ1v) is 6.01. The smallest absolute Gasteiger partial charge is 0.335 e. The van der Waals surface area contributed by atoms with E-state index in [0.717, 1.165) is 5.56 Å². The van der Waals surface area contributed by atoms with Gasteiger partial charge in [0.25, 0.3) is 0 Å². The first-order chi connectivity index (χ1) is 9.38. The fourth-order valence-corrected chi connectivity index (χ4v) is 1.63. The SMILES string of the molecule is C/C(C(=N)OCCO)=C(/N)c1cc(C(=O)O)ccc1C. The largest absolute Gasteiger partial charge is 0.478 e. The predicted octanol–water partition coefficient (Wildman–Crippen LogP) is 1.37. The Morgan fingerprint density at radius 1 is 1.45 bits per heavy atom. The van der Waals surface area contributed by atoms with Gasteiger partial charge in [0, 0.05) is 16.8 Å². The first kappa shape index (κ1) is 15.7. The van der Waals surface area contributed by atoms with E-state index in [1.54, 1.807) is 19.9 Å². The number of aliphatic hydroxyl groups excluding tert-OH is 1. The molecular weight excluding hydrogens is 260 g/mol. The number of aliphatic hydroxyl groups is 1. The highest BCUT2D eigenvalue weighted by Crippen LogP contribution is 2.20. The molecule has 108 valence electrons. The van der Waals surface area contributed by atoms with Crippen molar-refractivity contribution < 1.29 is 19.7 Å². The van der Waals surface area contributed by atoms with Gasteiger partial charge in [0.2, 0.25) is 5.90 Å². The van der Waals surface area contributed by atoms with Crippen LogP contribution >= 0.6 is 0 Å². The molecule has 0 unspecified atom stereocenters. The highest BCUT2D eigenvalue weighted by molar-refractivity contribution is 5.99. The zero-order valence-electron chi connectivity index (χ0n) is 11.4. The summed E-state index contributed by atoms with van der Waals surface area (Å²) in [4.78, 5) is 11.0. The second-order valence-corrected chi connectivity index (χ2v) is 4.27. The molecule has 0 aliphatic carbocycles. The quantitative estimate of drug-likeness (QED) is 0.479. The maximum Gasteiger partial charge on any atom is 0.335 e. The number of carbonyl (C=O) groups is 1. The molecule has 0 aliphatic heterocycles. The lowest BCUT2D eigenvalue weighted by Crippen LogP contribution is -2.14. The highest BCUT2D eigenvalue weighted by Gasteiger charge is 2.12. The van der Waals surface area contributed by atoms with E-state index in [4.69, 9.17) is 26.1 Å². The zero-order chi connectivity index (χ0) is 15.3. The Bertz CT molecular complexity index is 564. The number of nitrogens with two attached hydrogens (primary N) is 1. The number of carboxylic acid groups (broad SMARTS) is 1. The average Bonchev–Trinajstić information content (AvgIpc) is 2.43. The van der Waals surface area contributed by atoms with E-state index in [-0.39, 0.29) is 30.4 Å². The zero-order valence-corrected chi connectivity index (χ0v) is 11.4. The minimum atomic E-state index is -1.04. The summed E-state index contributed by atoms with van der Waals surface area (Å²) in [6, 6.07) is 4.63. The molecule has 0 heterocycles. The van der Waals surface area contributed by atoms with E-state index < -0.39 is 5.97 Å². The molecule has 0 radical (unpaired) electrons. The molecule has 0 amide bonds. The van der Waals surface area contributed by atoms with Crippen molar-refractivity contribution in [3.05, 3.63) is 40.5 Å². The van der Waals surface area contributed by atoms with Crippen molar-refractivity contribution in [1.29, 1.82) is 5.41 Å². The second kappa shape index (κ2) is 6.72. The van der Waals surface area contributed by atoms with Crippen molar-refractivity contribution >= 4 is 17.6 Å². The normalized spacial score (nSPS) is 11.8. The summed E-state index contributed by atoms with van der Waals surface area (Å²) >= 11 is 0. The maximum absolute atomic E-state index is 11.0. The van der Waals surface area contributed by atoms with Gasteiger partial charge in [-0.25, -0.2) is 4.79 Å². The monoisotopic (exact) mass is 278 g/mol. The fourth-order valence-electron chi connectivity index (χ4n) is 1.63. The summed E-state index contributed by atoms with van der Waals surface area (Å²) < 4.78 is 4.99. The number of hydrogen-bond acceptors (Lipinski definition) is 5. The van der Waals surface area contributed by atoms with Gasteiger partial charge >= 0.3 is 5.97 Å². The Kier molecular flexibility index (Phi) is 5.28. The molecule has 6 heteroatoms. The van der Waals surface area contributed by atoms with Gasteiger partial charge in [0.05, 0.1) is 12.2 Å². The fraction of sp³-hybridized carbons (Fsp3) is 0.286. The Balaban J connectivity index is 3.18. The Hall–Kier alpha value is -2.34. The van der Waals surface area contributed by atoms with E-state index in [1.807, 2.05) is 0 Å². The summed E-state index contributed by atoms with van der Waals surface area (Å²) in [5, 5.41) is 25.4. The summed E-state index contributed by atoms with van der Waals surface area (Å²) in [6.45, 7) is 3.24. The van der Waals surface area contributed by atoms with Crippen molar-refractivity contribution in [2.75, 3.05) is 13.2 Å². The van der Waals surface area contributed by atoms with E-state index >= 15 is 0 Å². The van der Waals surface area contributed by atoms with Gasteiger partial charge in [-0.2, -0.15) is 0 Å². The van der Waals surface area contributed by atoms with Crippen molar-refractivity contribution in [3.63, 3.8) is 0 Å². The highest BCUT2D eigenvalue weighted by atomic mass is 16.5. The van der Waals surface area contributed by atoms with Gasteiger partial charge in [-0.1, -0.05) is 6.07 Å². The Morgan fingerprint density at radius 2 is 2.10 bits per heavy atom. The van der Waals surface area contributed by atoms with Crippen LogP contribution in [0, 0.1) is 12.3 Å². The van der Waals surface area contributed by atoms with Crippen LogP contribution in [-0.2, 0) is 4.74 Å². The molecule has 0 saturated carbocycles. The molecule has 0 fully saturated rings. The van der Waals surface area contributed by atoms with Crippen LogP contribution in [0.15, 0.2) is 23.8 Å². The Labute approximate surface area is 117 Å². The number of nitrogens with one attached hydrogen (secondary N) is 1. The summed E-state index contributed by atoms with van der Waals surface area (Å²) in [7, 11) is 0. The van der Waals surface area contributed by atoms with Crippen LogP contribution in [0.4, 0.5) is 0 Å². The van der Waals surface area contributed by atoms with Gasteiger partial charge in [-0.3, -0.25) is 5.41 Å². The van der Waals surface area contributed by atoms with Gasteiger partial charge in [-0.05, 0) is 31.5 Å².